The van der Waals surface area contributed by atoms with Gasteiger partial charge >= 0.3 is 0 Å². The van der Waals surface area contributed by atoms with E-state index in [1.54, 1.807) is 7.11 Å². The van der Waals surface area contributed by atoms with Crippen LogP contribution in [0, 0.1) is 5.92 Å². The van der Waals surface area contributed by atoms with Crippen molar-refractivity contribution in [2.24, 2.45) is 5.92 Å². The smallest absolute Gasteiger partial charge is 0.225 e. The Morgan fingerprint density at radius 2 is 1.83 bits per heavy atom. The summed E-state index contributed by atoms with van der Waals surface area (Å²) in [6, 6.07) is 15.5. The van der Waals surface area contributed by atoms with Crippen LogP contribution in [0.1, 0.15) is 25.8 Å². The molecule has 2 aromatic carbocycles. The van der Waals surface area contributed by atoms with Crippen LogP contribution in [0.15, 0.2) is 48.5 Å². The second-order valence-electron chi connectivity index (χ2n) is 8.18. The first-order valence-corrected chi connectivity index (χ1v) is 12.1. The molecule has 162 valence electrons. The number of nitrogens with zero attached hydrogens (tertiary/aromatic N) is 1. The van der Waals surface area contributed by atoms with Crippen molar-refractivity contribution in [1.82, 2.24) is 9.62 Å². The average molecular weight is 431 g/mol. The first-order chi connectivity index (χ1) is 14.2. The first kappa shape index (κ1) is 22.3. The van der Waals surface area contributed by atoms with Gasteiger partial charge in [-0.15, -0.1) is 0 Å². The maximum Gasteiger partial charge on any atom is 0.225 e. The van der Waals surface area contributed by atoms with Crippen molar-refractivity contribution in [2.45, 2.75) is 38.8 Å². The van der Waals surface area contributed by atoms with Crippen molar-refractivity contribution in [3.05, 3.63) is 54.1 Å². The highest BCUT2D eigenvalue weighted by Gasteiger charge is 2.38. The molecule has 1 aliphatic rings. The van der Waals surface area contributed by atoms with Gasteiger partial charge in [0, 0.05) is 18.5 Å². The van der Waals surface area contributed by atoms with Gasteiger partial charge in [-0.1, -0.05) is 50.2 Å². The summed E-state index contributed by atoms with van der Waals surface area (Å²) in [5.41, 5.74) is 3.16. The van der Waals surface area contributed by atoms with Gasteiger partial charge in [-0.25, -0.2) is 13.1 Å². The number of hydrogen-bond acceptors (Lipinski definition) is 4. The van der Waals surface area contributed by atoms with E-state index in [2.05, 4.69) is 10.8 Å². The topological polar surface area (TPSA) is 75.7 Å². The number of rotatable bonds is 7. The summed E-state index contributed by atoms with van der Waals surface area (Å²) in [4.78, 5) is 14.6. The van der Waals surface area contributed by atoms with Gasteiger partial charge < -0.3 is 9.64 Å². The first-order valence-electron chi connectivity index (χ1n) is 10.2. The van der Waals surface area contributed by atoms with Crippen molar-refractivity contribution in [2.75, 3.05) is 19.9 Å². The quantitative estimate of drug-likeness (QED) is 0.732. The lowest BCUT2D eigenvalue weighted by atomic mass is 9.96. The summed E-state index contributed by atoms with van der Waals surface area (Å²) in [5, 5.41) is 0. The van der Waals surface area contributed by atoms with Gasteiger partial charge in [0.05, 0.1) is 19.4 Å². The number of benzene rings is 2. The van der Waals surface area contributed by atoms with Crippen LogP contribution in [0.3, 0.4) is 0 Å². The molecule has 0 aliphatic carbocycles. The van der Waals surface area contributed by atoms with Crippen LogP contribution in [0.5, 0.6) is 5.75 Å². The minimum atomic E-state index is -3.36. The van der Waals surface area contributed by atoms with Crippen molar-refractivity contribution in [3.63, 3.8) is 0 Å². The van der Waals surface area contributed by atoms with Crippen LogP contribution in [0.4, 0.5) is 0 Å². The molecule has 0 radical (unpaired) electrons. The Bertz CT molecular complexity index is 1000. The third-order valence-corrected chi connectivity index (χ3v) is 6.19. The van der Waals surface area contributed by atoms with E-state index < -0.39 is 10.0 Å². The summed E-state index contributed by atoms with van der Waals surface area (Å²) in [6.45, 7) is 4.31. The van der Waals surface area contributed by atoms with Gasteiger partial charge in [0.15, 0.2) is 0 Å². The maximum atomic E-state index is 12.8. The molecule has 0 aromatic heterocycles. The standard InChI is InChI=1S/C23H30N2O4S/c1-16(2)23(26)25-12-11-21(24-30(4,27)28)22(25)14-17-7-5-8-18(13-17)19-9-6-10-20(15-19)29-3/h5-10,13,15-16,21-22,24H,11-12,14H2,1-4H3/t21-,22-/m0/s1. The molecule has 1 N–H and O–H groups in total. The molecule has 6 nitrogen and oxygen atoms in total. The average Bonchev–Trinajstić information content (AvgIpc) is 3.08. The number of carbonyl (C=O) groups is 1. The van der Waals surface area contributed by atoms with E-state index in [0.29, 0.717) is 19.4 Å². The van der Waals surface area contributed by atoms with Gasteiger partial charge in [0.2, 0.25) is 15.9 Å². The third-order valence-electron chi connectivity index (χ3n) is 5.46. The SMILES string of the molecule is COc1cccc(-c2cccc(C[C@H]3[C@@H](NS(C)(=O)=O)CCN3C(=O)C(C)C)c2)c1. The van der Waals surface area contributed by atoms with Gasteiger partial charge in [-0.2, -0.15) is 0 Å². The number of amides is 1. The van der Waals surface area contributed by atoms with Gasteiger partial charge in [-0.3, -0.25) is 4.79 Å². The molecular weight excluding hydrogens is 400 g/mol. The third kappa shape index (κ3) is 5.40. The molecule has 1 fully saturated rings. The van der Waals surface area contributed by atoms with Crippen LogP contribution in [0.25, 0.3) is 11.1 Å². The normalized spacial score (nSPS) is 19.3. The monoisotopic (exact) mass is 430 g/mol. The highest BCUT2D eigenvalue weighted by molar-refractivity contribution is 7.88. The minimum Gasteiger partial charge on any atom is -0.497 e. The zero-order valence-corrected chi connectivity index (χ0v) is 18.8. The molecule has 1 amide bonds. The molecule has 1 saturated heterocycles. The predicted molar refractivity (Wildman–Crippen MR) is 119 cm³/mol. The molecule has 1 heterocycles. The Morgan fingerprint density at radius 3 is 2.47 bits per heavy atom. The molecule has 0 spiro atoms. The minimum absolute atomic E-state index is 0.0572. The van der Waals surface area contributed by atoms with E-state index in [0.717, 1.165) is 22.4 Å². The number of methoxy groups -OCH3 is 1. The predicted octanol–water partition coefficient (Wildman–Crippen LogP) is 3.08. The highest BCUT2D eigenvalue weighted by Crippen LogP contribution is 2.28. The summed E-state index contributed by atoms with van der Waals surface area (Å²) in [6.07, 6.45) is 2.37. The largest absolute Gasteiger partial charge is 0.497 e. The fourth-order valence-corrected chi connectivity index (χ4v) is 4.87. The number of nitrogens with one attached hydrogen (secondary N) is 1. The Morgan fingerprint density at radius 1 is 1.17 bits per heavy atom. The van der Waals surface area contributed by atoms with Gasteiger partial charge in [0.1, 0.15) is 5.75 Å². The van der Waals surface area contributed by atoms with E-state index in [9.17, 15) is 13.2 Å². The van der Waals surface area contributed by atoms with E-state index in [1.165, 1.54) is 6.26 Å². The lowest BCUT2D eigenvalue weighted by Gasteiger charge is -2.30. The van der Waals surface area contributed by atoms with Crippen LogP contribution < -0.4 is 9.46 Å². The number of sulfonamides is 1. The molecule has 2 atom stereocenters. The number of ether oxygens (including phenoxy) is 1. The Labute approximate surface area is 179 Å². The van der Waals surface area contributed by atoms with Crippen molar-refractivity contribution in [3.8, 4) is 16.9 Å². The molecule has 0 saturated carbocycles. The fraction of sp³-hybridized carbons (Fsp3) is 0.435. The number of carbonyl (C=O) groups excluding carboxylic acids is 1. The summed E-state index contributed by atoms with van der Waals surface area (Å²) >= 11 is 0. The van der Waals surface area contributed by atoms with Gasteiger partial charge in [-0.05, 0) is 41.7 Å². The second-order valence-corrected chi connectivity index (χ2v) is 9.96. The van der Waals surface area contributed by atoms with Crippen LogP contribution >= 0.6 is 0 Å². The Kier molecular flexibility index (Phi) is 6.83. The van der Waals surface area contributed by atoms with Crippen molar-refractivity contribution in [1.29, 1.82) is 0 Å². The maximum absolute atomic E-state index is 12.8. The molecule has 1 aliphatic heterocycles. The molecule has 2 aromatic rings. The second kappa shape index (κ2) is 9.18. The van der Waals surface area contributed by atoms with Crippen LogP contribution in [-0.4, -0.2) is 51.2 Å². The number of likely N-dealkylation sites (tertiary alicyclic amines) is 1. The summed E-state index contributed by atoms with van der Waals surface area (Å²) in [5.74, 6) is 0.717. The van der Waals surface area contributed by atoms with E-state index >= 15 is 0 Å². The molecule has 30 heavy (non-hydrogen) atoms. The van der Waals surface area contributed by atoms with E-state index in [4.69, 9.17) is 4.74 Å². The molecule has 3 rings (SSSR count). The summed E-state index contributed by atoms with van der Waals surface area (Å²) in [7, 11) is -1.72. The van der Waals surface area contributed by atoms with E-state index in [1.807, 2.05) is 61.2 Å². The Balaban J connectivity index is 1.89. The molecular formula is C23H30N2O4S. The number of hydrogen-bond donors (Lipinski definition) is 1. The van der Waals surface area contributed by atoms with Crippen LogP contribution in [0.2, 0.25) is 0 Å². The molecule has 0 bridgehead atoms. The zero-order valence-electron chi connectivity index (χ0n) is 18.0. The van der Waals surface area contributed by atoms with Crippen molar-refractivity contribution >= 4 is 15.9 Å². The van der Waals surface area contributed by atoms with Crippen molar-refractivity contribution < 1.29 is 17.9 Å². The fourth-order valence-electron chi connectivity index (χ4n) is 4.05. The lowest BCUT2D eigenvalue weighted by Crippen LogP contribution is -2.48. The summed E-state index contributed by atoms with van der Waals surface area (Å²) < 4.78 is 31.8. The highest BCUT2D eigenvalue weighted by atomic mass is 32.2. The lowest BCUT2D eigenvalue weighted by molar-refractivity contribution is -0.135. The molecule has 7 heteroatoms. The Hall–Kier alpha value is -2.38. The zero-order chi connectivity index (χ0) is 21.9. The van der Waals surface area contributed by atoms with Gasteiger partial charge in [0.25, 0.3) is 0 Å². The van der Waals surface area contributed by atoms with E-state index in [-0.39, 0.29) is 23.9 Å². The van der Waals surface area contributed by atoms with Crippen LogP contribution in [-0.2, 0) is 21.2 Å². The molecule has 0 unspecified atom stereocenters.